The van der Waals surface area contributed by atoms with Crippen LogP contribution in [0.5, 0.6) is 0 Å². The molecule has 0 bridgehead atoms. The monoisotopic (exact) mass is 253 g/mol. The molecule has 7 nitrogen and oxygen atoms in total. The van der Waals surface area contributed by atoms with Crippen LogP contribution in [-0.4, -0.2) is 55.2 Å². The third-order valence-electron chi connectivity index (χ3n) is 1.75. The van der Waals surface area contributed by atoms with E-state index in [1.54, 1.807) is 0 Å². The fraction of sp³-hybridized carbons (Fsp3) is 0.750. The van der Waals surface area contributed by atoms with Crippen molar-refractivity contribution in [1.82, 2.24) is 5.32 Å². The van der Waals surface area contributed by atoms with Crippen molar-refractivity contribution in [2.45, 2.75) is 18.9 Å². The highest BCUT2D eigenvalue weighted by Crippen LogP contribution is 1.94. The summed E-state index contributed by atoms with van der Waals surface area (Å²) in [7, 11) is -3.25. The smallest absolute Gasteiger partial charge is 0.326 e. The number of carboxylic acids is 1. The Morgan fingerprint density at radius 2 is 1.94 bits per heavy atom. The molecule has 0 spiro atoms. The summed E-state index contributed by atoms with van der Waals surface area (Å²) in [6.45, 7) is -0.372. The molecule has 1 atom stereocenters. The Morgan fingerprint density at radius 3 is 2.31 bits per heavy atom. The van der Waals surface area contributed by atoms with E-state index in [9.17, 15) is 18.0 Å². The molecule has 0 aromatic heterocycles. The van der Waals surface area contributed by atoms with Gasteiger partial charge in [-0.25, -0.2) is 13.2 Å². The summed E-state index contributed by atoms with van der Waals surface area (Å²) in [6, 6.07) is -1.18. The number of aliphatic hydroxyl groups excluding tert-OH is 1. The van der Waals surface area contributed by atoms with E-state index < -0.39 is 27.8 Å². The van der Waals surface area contributed by atoms with Crippen LogP contribution in [0.25, 0.3) is 0 Å². The molecule has 0 heterocycles. The standard InChI is InChI=1S/C8H15NO6S/c1-16(14,15)5-3-7(11)9-6(2-4-10)8(12)13/h6,10H,2-5H2,1H3,(H,9,11)(H,12,13)/t6-/m0/s1. The Morgan fingerprint density at radius 1 is 1.38 bits per heavy atom. The number of amides is 1. The van der Waals surface area contributed by atoms with Gasteiger partial charge in [-0.3, -0.25) is 4.79 Å². The Kier molecular flexibility index (Phi) is 5.97. The minimum atomic E-state index is -3.25. The highest BCUT2D eigenvalue weighted by Gasteiger charge is 2.19. The predicted octanol–water partition coefficient (Wildman–Crippen LogP) is -1.63. The number of carboxylic acid groups (broad SMARTS) is 1. The van der Waals surface area contributed by atoms with Gasteiger partial charge in [-0.2, -0.15) is 0 Å². The lowest BCUT2D eigenvalue weighted by Crippen LogP contribution is -2.41. The second-order valence-electron chi connectivity index (χ2n) is 3.35. The summed E-state index contributed by atoms with van der Waals surface area (Å²) in [5.41, 5.74) is 0. The molecule has 0 fully saturated rings. The molecule has 0 aromatic rings. The molecule has 1 amide bonds. The Labute approximate surface area is 93.4 Å². The highest BCUT2D eigenvalue weighted by atomic mass is 32.2. The van der Waals surface area contributed by atoms with Crippen molar-refractivity contribution >= 4 is 21.7 Å². The van der Waals surface area contributed by atoms with Crippen molar-refractivity contribution in [2.75, 3.05) is 18.6 Å². The molecule has 3 N–H and O–H groups in total. The van der Waals surface area contributed by atoms with Crippen LogP contribution in [0.1, 0.15) is 12.8 Å². The minimum absolute atomic E-state index is 0.111. The van der Waals surface area contributed by atoms with Crippen LogP contribution in [-0.2, 0) is 19.4 Å². The van der Waals surface area contributed by atoms with Crippen molar-refractivity contribution in [1.29, 1.82) is 0 Å². The van der Waals surface area contributed by atoms with E-state index in [1.807, 2.05) is 0 Å². The molecule has 0 aromatic carbocycles. The molecule has 16 heavy (non-hydrogen) atoms. The van der Waals surface area contributed by atoms with Gasteiger partial charge < -0.3 is 15.5 Å². The molecular formula is C8H15NO6S. The summed E-state index contributed by atoms with van der Waals surface area (Å²) in [5, 5.41) is 19.3. The Balaban J connectivity index is 4.15. The maximum Gasteiger partial charge on any atom is 0.326 e. The fourth-order valence-corrected chi connectivity index (χ4v) is 1.49. The van der Waals surface area contributed by atoms with Gasteiger partial charge in [0.1, 0.15) is 15.9 Å². The third-order valence-corrected chi connectivity index (χ3v) is 2.70. The molecule has 0 saturated carbocycles. The number of rotatable bonds is 7. The fourth-order valence-electron chi connectivity index (χ4n) is 0.931. The lowest BCUT2D eigenvalue weighted by atomic mass is 10.2. The van der Waals surface area contributed by atoms with E-state index in [0.717, 1.165) is 6.26 Å². The van der Waals surface area contributed by atoms with Gasteiger partial charge in [-0.15, -0.1) is 0 Å². The third kappa shape index (κ3) is 7.18. The maximum absolute atomic E-state index is 11.2. The van der Waals surface area contributed by atoms with Gasteiger partial charge in [0.2, 0.25) is 5.91 Å². The number of nitrogens with one attached hydrogen (secondary N) is 1. The SMILES string of the molecule is CS(=O)(=O)CCC(=O)N[C@@H](CCO)C(=O)O. The molecule has 0 rings (SSSR count). The molecule has 8 heteroatoms. The van der Waals surface area contributed by atoms with Crippen LogP contribution in [0.15, 0.2) is 0 Å². The molecular weight excluding hydrogens is 238 g/mol. The van der Waals surface area contributed by atoms with Crippen LogP contribution in [0.4, 0.5) is 0 Å². The summed E-state index contributed by atoms with van der Waals surface area (Å²) >= 11 is 0. The largest absolute Gasteiger partial charge is 0.480 e. The number of hydrogen-bond acceptors (Lipinski definition) is 5. The Bertz CT molecular complexity index is 350. The summed E-state index contributed by atoms with van der Waals surface area (Å²) in [6.07, 6.45) is 0.594. The number of aliphatic hydroxyl groups is 1. The van der Waals surface area contributed by atoms with E-state index in [-0.39, 0.29) is 25.2 Å². The average molecular weight is 253 g/mol. The lowest BCUT2D eigenvalue weighted by Gasteiger charge is -2.12. The molecule has 94 valence electrons. The van der Waals surface area contributed by atoms with E-state index in [1.165, 1.54) is 0 Å². The zero-order valence-electron chi connectivity index (χ0n) is 8.84. The zero-order chi connectivity index (χ0) is 12.8. The number of sulfone groups is 1. The molecule has 0 unspecified atom stereocenters. The topological polar surface area (TPSA) is 121 Å². The summed E-state index contributed by atoms with van der Waals surface area (Å²) in [4.78, 5) is 21.7. The second kappa shape index (κ2) is 6.44. The van der Waals surface area contributed by atoms with Gasteiger partial charge in [-0.05, 0) is 0 Å². The van der Waals surface area contributed by atoms with E-state index in [0.29, 0.717) is 0 Å². The van der Waals surface area contributed by atoms with Crippen molar-refractivity contribution in [3.63, 3.8) is 0 Å². The van der Waals surface area contributed by atoms with E-state index in [2.05, 4.69) is 5.32 Å². The van der Waals surface area contributed by atoms with Crippen LogP contribution in [0.2, 0.25) is 0 Å². The lowest BCUT2D eigenvalue weighted by molar-refractivity contribution is -0.142. The van der Waals surface area contributed by atoms with Gasteiger partial charge in [0, 0.05) is 25.7 Å². The van der Waals surface area contributed by atoms with Gasteiger partial charge in [0.25, 0.3) is 0 Å². The quantitative estimate of drug-likeness (QED) is 0.501. The first-order valence-electron chi connectivity index (χ1n) is 4.57. The first-order valence-corrected chi connectivity index (χ1v) is 6.63. The van der Waals surface area contributed by atoms with Crippen molar-refractivity contribution in [3.05, 3.63) is 0 Å². The van der Waals surface area contributed by atoms with Crippen LogP contribution < -0.4 is 5.32 Å². The predicted molar refractivity (Wildman–Crippen MR) is 55.6 cm³/mol. The first kappa shape index (κ1) is 14.8. The van der Waals surface area contributed by atoms with Crippen molar-refractivity contribution in [2.24, 2.45) is 0 Å². The van der Waals surface area contributed by atoms with Gasteiger partial charge >= 0.3 is 5.97 Å². The second-order valence-corrected chi connectivity index (χ2v) is 5.61. The van der Waals surface area contributed by atoms with Crippen molar-refractivity contribution in [3.8, 4) is 0 Å². The first-order chi connectivity index (χ1) is 7.26. The summed E-state index contributed by atoms with van der Waals surface area (Å²) in [5.74, 6) is -2.25. The molecule has 0 aliphatic heterocycles. The molecule has 0 aliphatic rings. The number of aliphatic carboxylic acids is 1. The van der Waals surface area contributed by atoms with Crippen LogP contribution >= 0.6 is 0 Å². The van der Waals surface area contributed by atoms with Crippen LogP contribution in [0, 0.1) is 0 Å². The maximum atomic E-state index is 11.2. The number of hydrogen-bond donors (Lipinski definition) is 3. The van der Waals surface area contributed by atoms with E-state index >= 15 is 0 Å². The number of carbonyl (C=O) groups is 2. The van der Waals surface area contributed by atoms with Gasteiger partial charge in [-0.1, -0.05) is 0 Å². The van der Waals surface area contributed by atoms with Crippen molar-refractivity contribution < 1.29 is 28.2 Å². The number of carbonyl (C=O) groups excluding carboxylic acids is 1. The van der Waals surface area contributed by atoms with Crippen LogP contribution in [0.3, 0.4) is 0 Å². The molecule has 0 radical (unpaired) electrons. The van der Waals surface area contributed by atoms with Gasteiger partial charge in [0.15, 0.2) is 0 Å². The zero-order valence-corrected chi connectivity index (χ0v) is 9.66. The highest BCUT2D eigenvalue weighted by molar-refractivity contribution is 7.90. The minimum Gasteiger partial charge on any atom is -0.480 e. The average Bonchev–Trinajstić information content (AvgIpc) is 2.13. The van der Waals surface area contributed by atoms with E-state index in [4.69, 9.17) is 10.2 Å². The normalized spacial score (nSPS) is 13.1. The molecule has 0 saturated heterocycles. The Hall–Kier alpha value is -1.15. The summed E-state index contributed by atoms with van der Waals surface area (Å²) < 4.78 is 21.5. The molecule has 0 aliphatic carbocycles. The van der Waals surface area contributed by atoms with Gasteiger partial charge in [0.05, 0.1) is 5.75 Å².